The van der Waals surface area contributed by atoms with Crippen molar-refractivity contribution in [2.75, 3.05) is 13.1 Å². The van der Waals surface area contributed by atoms with Crippen molar-refractivity contribution in [2.45, 2.75) is 51.7 Å². The molecule has 1 saturated heterocycles. The van der Waals surface area contributed by atoms with E-state index in [-0.39, 0.29) is 18.2 Å². The fourth-order valence-corrected chi connectivity index (χ4v) is 3.17. The molecule has 1 atom stereocenters. The molecule has 1 fully saturated rings. The third-order valence-corrected chi connectivity index (χ3v) is 4.32. The first-order chi connectivity index (χ1) is 10.8. The molecule has 1 aromatic carbocycles. The summed E-state index contributed by atoms with van der Waals surface area (Å²) in [5.41, 5.74) is 0.540. The van der Waals surface area contributed by atoms with Crippen LogP contribution in [0.1, 0.15) is 39.2 Å². The molecule has 1 heterocycles. The van der Waals surface area contributed by atoms with E-state index < -0.39 is 11.6 Å². The minimum atomic E-state index is -0.493. The standard InChI is InChI=1S/C18H24ClNO3/c1-4-20-12-18(2,3)23-17(22)16(20)11-15(21)9-8-13-6-5-7-14(19)10-13/h5-7,10,16H,4,8-9,11-12H2,1-3H3. The zero-order chi connectivity index (χ0) is 17.0. The summed E-state index contributed by atoms with van der Waals surface area (Å²) in [6, 6.07) is 7.05. The van der Waals surface area contributed by atoms with Gasteiger partial charge in [0.25, 0.3) is 0 Å². The van der Waals surface area contributed by atoms with Crippen molar-refractivity contribution in [1.82, 2.24) is 4.90 Å². The molecular weight excluding hydrogens is 314 g/mol. The van der Waals surface area contributed by atoms with Crippen LogP contribution in [0.25, 0.3) is 0 Å². The quantitative estimate of drug-likeness (QED) is 0.747. The van der Waals surface area contributed by atoms with Gasteiger partial charge in [0.05, 0.1) is 0 Å². The zero-order valence-electron chi connectivity index (χ0n) is 14.0. The number of hydrogen-bond acceptors (Lipinski definition) is 4. The van der Waals surface area contributed by atoms with Gasteiger partial charge < -0.3 is 4.74 Å². The third kappa shape index (κ3) is 5.05. The van der Waals surface area contributed by atoms with Gasteiger partial charge in [0.15, 0.2) is 0 Å². The van der Waals surface area contributed by atoms with Crippen molar-refractivity contribution >= 4 is 23.4 Å². The molecule has 23 heavy (non-hydrogen) atoms. The van der Waals surface area contributed by atoms with Gasteiger partial charge >= 0.3 is 5.97 Å². The Morgan fingerprint density at radius 1 is 1.43 bits per heavy atom. The van der Waals surface area contributed by atoms with Gasteiger partial charge in [-0.05, 0) is 44.5 Å². The number of halogens is 1. The van der Waals surface area contributed by atoms with Crippen molar-refractivity contribution in [3.05, 3.63) is 34.9 Å². The number of hydrogen-bond donors (Lipinski definition) is 0. The topological polar surface area (TPSA) is 46.6 Å². The average Bonchev–Trinajstić information content (AvgIpc) is 2.47. The van der Waals surface area contributed by atoms with Gasteiger partial charge in [-0.25, -0.2) is 0 Å². The fourth-order valence-electron chi connectivity index (χ4n) is 2.96. The molecule has 1 aromatic rings. The number of likely N-dealkylation sites (N-methyl/N-ethyl adjacent to an activating group) is 1. The first-order valence-corrected chi connectivity index (χ1v) is 8.41. The van der Waals surface area contributed by atoms with E-state index in [4.69, 9.17) is 16.3 Å². The molecule has 1 aliphatic rings. The van der Waals surface area contributed by atoms with Crippen LogP contribution in [0, 0.1) is 0 Å². The summed E-state index contributed by atoms with van der Waals surface area (Å²) in [4.78, 5) is 26.5. The lowest BCUT2D eigenvalue weighted by Gasteiger charge is -2.41. The SMILES string of the molecule is CCN1CC(C)(C)OC(=O)C1CC(=O)CCc1cccc(Cl)c1. The van der Waals surface area contributed by atoms with Gasteiger partial charge in [-0.3, -0.25) is 14.5 Å². The molecule has 0 radical (unpaired) electrons. The molecule has 0 amide bonds. The summed E-state index contributed by atoms with van der Waals surface area (Å²) < 4.78 is 5.45. The van der Waals surface area contributed by atoms with E-state index in [1.807, 2.05) is 49.9 Å². The molecule has 0 spiro atoms. The molecule has 5 heteroatoms. The number of ketones is 1. The molecule has 1 unspecified atom stereocenters. The van der Waals surface area contributed by atoms with Crippen LogP contribution in [-0.4, -0.2) is 41.4 Å². The second-order valence-corrected chi connectivity index (χ2v) is 7.07. The number of cyclic esters (lactones) is 1. The van der Waals surface area contributed by atoms with Crippen LogP contribution in [0.2, 0.25) is 5.02 Å². The van der Waals surface area contributed by atoms with Gasteiger partial charge in [-0.2, -0.15) is 0 Å². The van der Waals surface area contributed by atoms with Crippen molar-refractivity contribution in [3.8, 4) is 0 Å². The molecule has 2 rings (SSSR count). The Balaban J connectivity index is 1.92. The van der Waals surface area contributed by atoms with Gasteiger partial charge in [0, 0.05) is 24.4 Å². The van der Waals surface area contributed by atoms with E-state index in [1.54, 1.807) is 0 Å². The molecule has 0 aromatic heterocycles. The molecule has 0 N–H and O–H groups in total. The molecular formula is C18H24ClNO3. The van der Waals surface area contributed by atoms with E-state index in [9.17, 15) is 9.59 Å². The fraction of sp³-hybridized carbons (Fsp3) is 0.556. The Morgan fingerprint density at radius 3 is 2.83 bits per heavy atom. The van der Waals surface area contributed by atoms with Crippen LogP contribution in [0.3, 0.4) is 0 Å². The maximum absolute atomic E-state index is 12.3. The number of carbonyl (C=O) groups is 2. The number of morpholine rings is 1. The number of aryl methyl sites for hydroxylation is 1. The van der Waals surface area contributed by atoms with Gasteiger partial charge in [0.1, 0.15) is 17.4 Å². The molecule has 4 nitrogen and oxygen atoms in total. The predicted octanol–water partition coefficient (Wildman–Crippen LogP) is 3.26. The second kappa shape index (κ2) is 7.45. The Morgan fingerprint density at radius 2 is 2.17 bits per heavy atom. The highest BCUT2D eigenvalue weighted by atomic mass is 35.5. The predicted molar refractivity (Wildman–Crippen MR) is 90.6 cm³/mol. The Bertz CT molecular complexity index is 585. The summed E-state index contributed by atoms with van der Waals surface area (Å²) in [6.07, 6.45) is 1.26. The average molecular weight is 338 g/mol. The van der Waals surface area contributed by atoms with Crippen LogP contribution in [0.15, 0.2) is 24.3 Å². The van der Waals surface area contributed by atoms with E-state index in [0.29, 0.717) is 24.4 Å². The number of nitrogens with zero attached hydrogens (tertiary/aromatic N) is 1. The van der Waals surface area contributed by atoms with E-state index in [1.165, 1.54) is 0 Å². The maximum atomic E-state index is 12.3. The third-order valence-electron chi connectivity index (χ3n) is 4.08. The summed E-state index contributed by atoms with van der Waals surface area (Å²) in [7, 11) is 0. The molecule has 0 aliphatic carbocycles. The number of Topliss-reactive ketones (excluding diaryl/α,β-unsaturated/α-hetero) is 1. The van der Waals surface area contributed by atoms with Gasteiger partial charge in [-0.15, -0.1) is 0 Å². The smallest absolute Gasteiger partial charge is 0.324 e. The van der Waals surface area contributed by atoms with Gasteiger partial charge in [0.2, 0.25) is 0 Å². The summed E-state index contributed by atoms with van der Waals surface area (Å²) in [5, 5.41) is 0.671. The minimum absolute atomic E-state index is 0.0741. The zero-order valence-corrected chi connectivity index (χ0v) is 14.7. The number of rotatable bonds is 6. The molecule has 0 bridgehead atoms. The summed E-state index contributed by atoms with van der Waals surface area (Å²) in [6.45, 7) is 7.17. The summed E-state index contributed by atoms with van der Waals surface area (Å²) in [5.74, 6) is -0.218. The highest BCUT2D eigenvalue weighted by Crippen LogP contribution is 2.24. The first-order valence-electron chi connectivity index (χ1n) is 8.04. The number of ether oxygens (including phenoxy) is 1. The Kier molecular flexibility index (Phi) is 5.82. The van der Waals surface area contributed by atoms with Crippen LogP contribution >= 0.6 is 11.6 Å². The van der Waals surface area contributed by atoms with Crippen molar-refractivity contribution in [2.24, 2.45) is 0 Å². The maximum Gasteiger partial charge on any atom is 0.324 e. The van der Waals surface area contributed by atoms with Crippen molar-refractivity contribution in [1.29, 1.82) is 0 Å². The molecule has 1 aliphatic heterocycles. The van der Waals surface area contributed by atoms with Gasteiger partial charge in [-0.1, -0.05) is 30.7 Å². The first kappa shape index (κ1) is 18.0. The molecule has 126 valence electrons. The minimum Gasteiger partial charge on any atom is -0.457 e. The monoisotopic (exact) mass is 337 g/mol. The number of carbonyl (C=O) groups excluding carboxylic acids is 2. The normalized spacial score (nSPS) is 21.0. The van der Waals surface area contributed by atoms with Crippen LogP contribution in [0.5, 0.6) is 0 Å². The lowest BCUT2D eigenvalue weighted by molar-refractivity contribution is -0.178. The Hall–Kier alpha value is -1.39. The largest absolute Gasteiger partial charge is 0.457 e. The van der Waals surface area contributed by atoms with Crippen LogP contribution in [0.4, 0.5) is 0 Å². The number of esters is 1. The number of benzene rings is 1. The van der Waals surface area contributed by atoms with E-state index in [0.717, 1.165) is 12.1 Å². The van der Waals surface area contributed by atoms with E-state index in [2.05, 4.69) is 0 Å². The lowest BCUT2D eigenvalue weighted by Crippen LogP contribution is -2.57. The Labute approximate surface area is 142 Å². The van der Waals surface area contributed by atoms with Crippen LogP contribution in [-0.2, 0) is 20.7 Å². The van der Waals surface area contributed by atoms with E-state index >= 15 is 0 Å². The molecule has 0 saturated carbocycles. The van der Waals surface area contributed by atoms with Crippen molar-refractivity contribution < 1.29 is 14.3 Å². The lowest BCUT2D eigenvalue weighted by atomic mass is 9.98. The van der Waals surface area contributed by atoms with Crippen LogP contribution < -0.4 is 0 Å². The highest BCUT2D eigenvalue weighted by Gasteiger charge is 2.40. The summed E-state index contributed by atoms with van der Waals surface area (Å²) >= 11 is 5.95. The highest BCUT2D eigenvalue weighted by molar-refractivity contribution is 6.30. The second-order valence-electron chi connectivity index (χ2n) is 6.63. The van der Waals surface area contributed by atoms with Crippen molar-refractivity contribution in [3.63, 3.8) is 0 Å².